The molecule has 0 spiro atoms. The monoisotopic (exact) mass is 275 g/mol. The van der Waals surface area contributed by atoms with Crippen LogP contribution in [0.3, 0.4) is 0 Å². The highest BCUT2D eigenvalue weighted by molar-refractivity contribution is 6.04. The molecule has 3 heteroatoms. The van der Waals surface area contributed by atoms with Crippen molar-refractivity contribution in [2.45, 2.75) is 6.92 Å². The second-order valence-electron chi connectivity index (χ2n) is 5.30. The molecule has 0 aliphatic heterocycles. The highest BCUT2D eigenvalue weighted by atomic mass is 16.3. The second-order valence-corrected chi connectivity index (χ2v) is 5.30. The van der Waals surface area contributed by atoms with Crippen molar-refractivity contribution >= 4 is 22.1 Å². The van der Waals surface area contributed by atoms with Gasteiger partial charge in [-0.15, -0.1) is 0 Å². The number of aromatic nitrogens is 2. The van der Waals surface area contributed by atoms with Crippen molar-refractivity contribution in [3.63, 3.8) is 0 Å². The highest BCUT2D eigenvalue weighted by Gasteiger charge is 2.17. The predicted molar refractivity (Wildman–Crippen MR) is 82.9 cm³/mol. The van der Waals surface area contributed by atoms with E-state index in [0.29, 0.717) is 5.71 Å². The van der Waals surface area contributed by atoms with E-state index in [4.69, 9.17) is 9.40 Å². The molecule has 102 valence electrons. The quantitative estimate of drug-likeness (QED) is 0.495. The maximum Gasteiger partial charge on any atom is 0.231 e. The first-order valence-corrected chi connectivity index (χ1v) is 6.98. The zero-order chi connectivity index (χ0) is 14.4. The number of pyridine rings is 2. The molecule has 0 saturated carbocycles. The molecule has 3 aromatic heterocycles. The van der Waals surface area contributed by atoms with Crippen molar-refractivity contribution in [3.8, 4) is 11.4 Å². The van der Waals surface area contributed by atoms with E-state index in [-0.39, 0.29) is 0 Å². The van der Waals surface area contributed by atoms with Gasteiger partial charge in [-0.1, -0.05) is 18.2 Å². The Labute approximate surface area is 122 Å². The average molecular weight is 275 g/mol. The summed E-state index contributed by atoms with van der Waals surface area (Å²) in [5, 5.41) is 2.19. The number of rotatable bonds is 1. The van der Waals surface area contributed by atoms with E-state index >= 15 is 0 Å². The van der Waals surface area contributed by atoms with Crippen molar-refractivity contribution in [1.82, 2.24) is 4.98 Å². The molecule has 0 bridgehead atoms. The van der Waals surface area contributed by atoms with Crippen LogP contribution in [0.25, 0.3) is 33.5 Å². The van der Waals surface area contributed by atoms with E-state index in [1.165, 1.54) is 0 Å². The van der Waals surface area contributed by atoms with Crippen molar-refractivity contribution in [2.24, 2.45) is 7.05 Å². The molecule has 4 aromatic rings. The first kappa shape index (κ1) is 12.1. The lowest BCUT2D eigenvalue weighted by molar-refractivity contribution is -0.660. The number of nitrogens with zero attached hydrogens (tertiary/aromatic N) is 2. The Hall–Kier alpha value is -2.68. The van der Waals surface area contributed by atoms with Gasteiger partial charge >= 0.3 is 0 Å². The Morgan fingerprint density at radius 3 is 2.67 bits per heavy atom. The smallest absolute Gasteiger partial charge is 0.231 e. The number of aryl methyl sites for hydroxylation is 2. The summed E-state index contributed by atoms with van der Waals surface area (Å²) in [6.45, 7) is 2.09. The van der Waals surface area contributed by atoms with Crippen LogP contribution in [-0.2, 0) is 7.05 Å². The summed E-state index contributed by atoms with van der Waals surface area (Å²) >= 11 is 0. The summed E-state index contributed by atoms with van der Waals surface area (Å²) in [5.74, 6) is 0. The fraction of sp³-hybridized carbons (Fsp3) is 0.111. The molecule has 0 radical (unpaired) electrons. The Morgan fingerprint density at radius 2 is 1.81 bits per heavy atom. The molecule has 0 fully saturated rings. The number of fused-ring (bicyclic) bond motifs is 3. The van der Waals surface area contributed by atoms with Crippen LogP contribution in [0.15, 0.2) is 59.1 Å². The van der Waals surface area contributed by atoms with Gasteiger partial charge in [0.1, 0.15) is 18.3 Å². The standard InChI is InChI=1S/C18H15N2O/c1-12-11-14-13-7-3-4-9-16(13)21-18(14)19-17(12)15-8-5-6-10-20(15)2/h3-11H,1-2H3/q+1. The Bertz CT molecular complexity index is 969. The van der Waals surface area contributed by atoms with E-state index in [9.17, 15) is 0 Å². The molecule has 0 saturated heterocycles. The SMILES string of the molecule is Cc1cc2c(nc1-c1cccc[n+]1C)oc1ccccc12. The van der Waals surface area contributed by atoms with Gasteiger partial charge in [0.2, 0.25) is 11.4 Å². The van der Waals surface area contributed by atoms with Crippen LogP contribution in [0.5, 0.6) is 0 Å². The summed E-state index contributed by atoms with van der Waals surface area (Å²) in [6, 6.07) is 16.3. The fourth-order valence-electron chi connectivity index (χ4n) is 2.78. The van der Waals surface area contributed by atoms with E-state index < -0.39 is 0 Å². The van der Waals surface area contributed by atoms with Gasteiger partial charge < -0.3 is 4.42 Å². The van der Waals surface area contributed by atoms with Crippen LogP contribution in [0, 0.1) is 6.92 Å². The van der Waals surface area contributed by atoms with Gasteiger partial charge in [0.15, 0.2) is 6.20 Å². The molecule has 0 N–H and O–H groups in total. The number of para-hydroxylation sites is 1. The van der Waals surface area contributed by atoms with Gasteiger partial charge in [-0.25, -0.2) is 4.98 Å². The maximum atomic E-state index is 5.89. The van der Waals surface area contributed by atoms with Crippen molar-refractivity contribution in [1.29, 1.82) is 0 Å². The topological polar surface area (TPSA) is 29.9 Å². The van der Waals surface area contributed by atoms with Crippen LogP contribution in [0.1, 0.15) is 5.56 Å². The molecule has 3 heterocycles. The fourth-order valence-corrected chi connectivity index (χ4v) is 2.78. The van der Waals surface area contributed by atoms with Crippen molar-refractivity contribution < 1.29 is 8.98 Å². The van der Waals surface area contributed by atoms with Crippen LogP contribution in [-0.4, -0.2) is 4.98 Å². The lowest BCUT2D eigenvalue weighted by Gasteiger charge is -2.03. The Kier molecular flexibility index (Phi) is 2.54. The van der Waals surface area contributed by atoms with Crippen LogP contribution >= 0.6 is 0 Å². The van der Waals surface area contributed by atoms with Crippen molar-refractivity contribution in [2.75, 3.05) is 0 Å². The summed E-state index contributed by atoms with van der Waals surface area (Å²) in [4.78, 5) is 4.76. The minimum absolute atomic E-state index is 0.695. The lowest BCUT2D eigenvalue weighted by atomic mass is 10.1. The Morgan fingerprint density at radius 1 is 1.00 bits per heavy atom. The lowest BCUT2D eigenvalue weighted by Crippen LogP contribution is -2.30. The zero-order valence-electron chi connectivity index (χ0n) is 12.0. The second kappa shape index (κ2) is 4.42. The van der Waals surface area contributed by atoms with Gasteiger partial charge in [-0.05, 0) is 30.7 Å². The number of benzene rings is 1. The number of hydrogen-bond donors (Lipinski definition) is 0. The minimum atomic E-state index is 0.695. The van der Waals surface area contributed by atoms with Gasteiger partial charge in [-0.3, -0.25) is 0 Å². The molecular weight excluding hydrogens is 260 g/mol. The van der Waals surface area contributed by atoms with E-state index in [1.807, 2.05) is 43.6 Å². The molecule has 0 unspecified atom stereocenters. The third-order valence-corrected chi connectivity index (χ3v) is 3.86. The van der Waals surface area contributed by atoms with Gasteiger partial charge in [0.25, 0.3) is 0 Å². The molecule has 0 aliphatic carbocycles. The molecule has 1 aromatic carbocycles. The van der Waals surface area contributed by atoms with Gasteiger partial charge in [-0.2, -0.15) is 4.57 Å². The third-order valence-electron chi connectivity index (χ3n) is 3.86. The number of furan rings is 1. The zero-order valence-corrected chi connectivity index (χ0v) is 12.0. The molecule has 3 nitrogen and oxygen atoms in total. The van der Waals surface area contributed by atoms with Crippen LogP contribution in [0.4, 0.5) is 0 Å². The molecule has 4 rings (SSSR count). The van der Waals surface area contributed by atoms with Crippen LogP contribution in [0.2, 0.25) is 0 Å². The summed E-state index contributed by atoms with van der Waals surface area (Å²) in [6.07, 6.45) is 2.03. The minimum Gasteiger partial charge on any atom is -0.438 e. The van der Waals surface area contributed by atoms with Gasteiger partial charge in [0.05, 0.1) is 0 Å². The van der Waals surface area contributed by atoms with Gasteiger partial charge in [0, 0.05) is 22.9 Å². The average Bonchev–Trinajstić information content (AvgIpc) is 2.85. The van der Waals surface area contributed by atoms with E-state index in [1.54, 1.807) is 0 Å². The molecule has 0 aliphatic rings. The number of hydrogen-bond acceptors (Lipinski definition) is 2. The molecule has 0 atom stereocenters. The molecular formula is C18H15N2O+. The first-order chi connectivity index (χ1) is 10.2. The third kappa shape index (κ3) is 1.82. The maximum absolute atomic E-state index is 5.89. The molecule has 21 heavy (non-hydrogen) atoms. The predicted octanol–water partition coefficient (Wildman–Crippen LogP) is 3.78. The van der Waals surface area contributed by atoms with Crippen molar-refractivity contribution in [3.05, 3.63) is 60.3 Å². The summed E-state index contributed by atoms with van der Waals surface area (Å²) < 4.78 is 7.96. The molecule has 0 amide bonds. The van der Waals surface area contributed by atoms with E-state index in [2.05, 4.69) is 29.7 Å². The highest BCUT2D eigenvalue weighted by Crippen LogP contribution is 2.30. The Balaban J connectivity index is 2.06. The normalized spacial score (nSPS) is 11.3. The largest absolute Gasteiger partial charge is 0.438 e. The van der Waals surface area contributed by atoms with Crippen LogP contribution < -0.4 is 4.57 Å². The van der Waals surface area contributed by atoms with E-state index in [0.717, 1.165) is 33.3 Å². The first-order valence-electron chi connectivity index (χ1n) is 6.98. The summed E-state index contributed by atoms with van der Waals surface area (Å²) in [5.41, 5.74) is 4.77. The summed E-state index contributed by atoms with van der Waals surface area (Å²) in [7, 11) is 2.03.